The van der Waals surface area contributed by atoms with E-state index in [1.54, 1.807) is 25.1 Å². The van der Waals surface area contributed by atoms with Gasteiger partial charge in [-0.3, -0.25) is 4.79 Å². The van der Waals surface area contributed by atoms with Gasteiger partial charge in [-0.1, -0.05) is 0 Å². The molecular formula is C14H13BrN2O3S. The zero-order valence-corrected chi connectivity index (χ0v) is 13.9. The Morgan fingerprint density at radius 2 is 2.19 bits per heavy atom. The van der Waals surface area contributed by atoms with E-state index in [1.165, 1.54) is 17.5 Å². The zero-order valence-electron chi connectivity index (χ0n) is 11.5. The van der Waals surface area contributed by atoms with Crippen LogP contribution in [0.4, 0.5) is 5.00 Å². The molecule has 0 bridgehead atoms. The van der Waals surface area contributed by atoms with Gasteiger partial charge in [-0.05, 0) is 48.0 Å². The van der Waals surface area contributed by atoms with Crippen LogP contribution in [0.15, 0.2) is 29.0 Å². The van der Waals surface area contributed by atoms with Gasteiger partial charge >= 0.3 is 5.97 Å². The molecule has 0 saturated carbocycles. The molecule has 0 radical (unpaired) electrons. The summed E-state index contributed by atoms with van der Waals surface area (Å²) in [6.45, 7) is 3.90. The highest BCUT2D eigenvalue weighted by atomic mass is 79.9. The van der Waals surface area contributed by atoms with E-state index in [2.05, 4.69) is 26.2 Å². The summed E-state index contributed by atoms with van der Waals surface area (Å²) < 4.78 is 5.56. The average Bonchev–Trinajstić information content (AvgIpc) is 2.80. The molecule has 21 heavy (non-hydrogen) atoms. The number of thiophene rings is 1. The van der Waals surface area contributed by atoms with Gasteiger partial charge in [0.2, 0.25) is 0 Å². The highest BCUT2D eigenvalue weighted by Crippen LogP contribution is 2.28. The molecule has 5 nitrogen and oxygen atoms in total. The molecular weight excluding hydrogens is 356 g/mol. The Hall–Kier alpha value is -1.73. The number of carbonyl (C=O) groups is 2. The summed E-state index contributed by atoms with van der Waals surface area (Å²) >= 11 is 4.55. The molecule has 2 aromatic rings. The Bertz CT molecular complexity index is 685. The van der Waals surface area contributed by atoms with Crippen LogP contribution in [0.2, 0.25) is 0 Å². The zero-order chi connectivity index (χ0) is 15.4. The summed E-state index contributed by atoms with van der Waals surface area (Å²) in [7, 11) is 0. The second-order valence-corrected chi connectivity index (χ2v) is 6.21. The summed E-state index contributed by atoms with van der Waals surface area (Å²) in [4.78, 5) is 29.0. The predicted molar refractivity (Wildman–Crippen MR) is 84.9 cm³/mol. The fourth-order valence-electron chi connectivity index (χ4n) is 1.69. The summed E-state index contributed by atoms with van der Waals surface area (Å²) in [6.07, 6.45) is 1.53. The number of rotatable bonds is 4. The molecule has 0 saturated heterocycles. The lowest BCUT2D eigenvalue weighted by Crippen LogP contribution is -2.14. The van der Waals surface area contributed by atoms with Crippen molar-refractivity contribution in [2.24, 2.45) is 0 Å². The third-order valence-electron chi connectivity index (χ3n) is 2.57. The minimum absolute atomic E-state index is 0.290. The first-order chi connectivity index (χ1) is 10.0. The van der Waals surface area contributed by atoms with Crippen LogP contribution in [0.25, 0.3) is 0 Å². The molecule has 0 aliphatic heterocycles. The van der Waals surface area contributed by atoms with Gasteiger partial charge in [0.25, 0.3) is 5.91 Å². The summed E-state index contributed by atoms with van der Waals surface area (Å²) in [5.41, 5.74) is 0.832. The van der Waals surface area contributed by atoms with Gasteiger partial charge in [0.15, 0.2) is 0 Å². The maximum absolute atomic E-state index is 12.2. The first-order valence-electron chi connectivity index (χ1n) is 6.21. The van der Waals surface area contributed by atoms with Crippen LogP contribution in [-0.4, -0.2) is 23.5 Å². The van der Waals surface area contributed by atoms with E-state index in [1.807, 2.05) is 6.92 Å². The third-order valence-corrected chi connectivity index (χ3v) is 3.97. The van der Waals surface area contributed by atoms with Crippen LogP contribution < -0.4 is 5.32 Å². The quantitative estimate of drug-likeness (QED) is 0.660. The number of carbonyl (C=O) groups excluding carboxylic acids is 2. The molecule has 0 atom stereocenters. The van der Waals surface area contributed by atoms with E-state index >= 15 is 0 Å². The number of nitrogens with zero attached hydrogens (tertiary/aromatic N) is 1. The third kappa shape index (κ3) is 3.89. The van der Waals surface area contributed by atoms with Gasteiger partial charge in [-0.15, -0.1) is 11.3 Å². The second kappa shape index (κ2) is 6.82. The van der Waals surface area contributed by atoms with Crippen LogP contribution in [0.1, 0.15) is 32.5 Å². The fraction of sp³-hybridized carbons (Fsp3) is 0.214. The smallest absolute Gasteiger partial charge is 0.341 e. The molecule has 0 aromatic carbocycles. The lowest BCUT2D eigenvalue weighted by molar-refractivity contribution is 0.0528. The van der Waals surface area contributed by atoms with E-state index in [0.29, 0.717) is 27.3 Å². The number of ether oxygens (including phenoxy) is 1. The highest BCUT2D eigenvalue weighted by Gasteiger charge is 2.18. The van der Waals surface area contributed by atoms with Gasteiger partial charge < -0.3 is 10.1 Å². The fourth-order valence-corrected chi connectivity index (χ4v) is 2.95. The molecule has 110 valence electrons. The first kappa shape index (κ1) is 15.7. The normalized spacial score (nSPS) is 10.2. The SMILES string of the molecule is CCOC(=O)c1cc(C)sc1NC(=O)c1ccnc(Br)c1. The molecule has 0 unspecified atom stereocenters. The predicted octanol–water partition coefficient (Wildman–Crippen LogP) is 3.64. The molecule has 2 rings (SSSR count). The Kier molecular flexibility index (Phi) is 5.08. The number of nitrogens with one attached hydrogen (secondary N) is 1. The van der Waals surface area contributed by atoms with Gasteiger partial charge in [-0.25, -0.2) is 9.78 Å². The molecule has 1 N–H and O–H groups in total. The molecule has 0 spiro atoms. The maximum Gasteiger partial charge on any atom is 0.341 e. The van der Waals surface area contributed by atoms with Crippen LogP contribution in [0.5, 0.6) is 0 Å². The maximum atomic E-state index is 12.2. The van der Waals surface area contributed by atoms with Crippen molar-refractivity contribution in [3.05, 3.63) is 45.0 Å². The second-order valence-electron chi connectivity index (χ2n) is 4.14. The van der Waals surface area contributed by atoms with Gasteiger partial charge in [0.1, 0.15) is 9.60 Å². The molecule has 2 aromatic heterocycles. The van der Waals surface area contributed by atoms with Gasteiger partial charge in [-0.2, -0.15) is 0 Å². The Morgan fingerprint density at radius 3 is 2.86 bits per heavy atom. The number of aromatic nitrogens is 1. The lowest BCUT2D eigenvalue weighted by atomic mass is 10.2. The minimum Gasteiger partial charge on any atom is -0.462 e. The van der Waals surface area contributed by atoms with Crippen LogP contribution in [-0.2, 0) is 4.74 Å². The Morgan fingerprint density at radius 1 is 1.43 bits per heavy atom. The molecule has 2 heterocycles. The highest BCUT2D eigenvalue weighted by molar-refractivity contribution is 9.10. The van der Waals surface area contributed by atoms with Crippen molar-refractivity contribution in [3.8, 4) is 0 Å². The molecule has 0 fully saturated rings. The van der Waals surface area contributed by atoms with Gasteiger partial charge in [0.05, 0.1) is 12.2 Å². The van der Waals surface area contributed by atoms with Crippen molar-refractivity contribution in [1.82, 2.24) is 4.98 Å². The van der Waals surface area contributed by atoms with Gasteiger partial charge in [0, 0.05) is 16.6 Å². The number of esters is 1. The average molecular weight is 369 g/mol. The number of pyridine rings is 1. The van der Waals surface area contributed by atoms with Crippen molar-refractivity contribution in [2.75, 3.05) is 11.9 Å². The van der Waals surface area contributed by atoms with Crippen LogP contribution in [0, 0.1) is 6.92 Å². The first-order valence-corrected chi connectivity index (χ1v) is 7.82. The minimum atomic E-state index is -0.437. The number of amides is 1. The van der Waals surface area contributed by atoms with Crippen molar-refractivity contribution in [3.63, 3.8) is 0 Å². The van der Waals surface area contributed by atoms with Crippen molar-refractivity contribution >= 4 is 44.1 Å². The van der Waals surface area contributed by atoms with Crippen LogP contribution in [0.3, 0.4) is 0 Å². The summed E-state index contributed by atoms with van der Waals surface area (Å²) in [5.74, 6) is -0.737. The number of hydrogen-bond acceptors (Lipinski definition) is 5. The van der Waals surface area contributed by atoms with Crippen molar-refractivity contribution in [1.29, 1.82) is 0 Å². The van der Waals surface area contributed by atoms with E-state index in [0.717, 1.165) is 4.88 Å². The number of anilines is 1. The molecule has 0 aliphatic rings. The largest absolute Gasteiger partial charge is 0.462 e. The summed E-state index contributed by atoms with van der Waals surface area (Å²) in [6, 6.07) is 4.92. The monoisotopic (exact) mass is 368 g/mol. The Balaban J connectivity index is 2.23. The van der Waals surface area contributed by atoms with Crippen molar-refractivity contribution in [2.45, 2.75) is 13.8 Å². The topological polar surface area (TPSA) is 68.3 Å². The Labute approximate surface area is 134 Å². The number of halogens is 1. The number of hydrogen-bond donors (Lipinski definition) is 1. The number of aryl methyl sites for hydroxylation is 1. The molecule has 1 amide bonds. The van der Waals surface area contributed by atoms with E-state index in [9.17, 15) is 9.59 Å². The van der Waals surface area contributed by atoms with E-state index < -0.39 is 5.97 Å². The lowest BCUT2D eigenvalue weighted by Gasteiger charge is -2.06. The van der Waals surface area contributed by atoms with E-state index in [4.69, 9.17) is 4.74 Å². The molecule has 7 heteroatoms. The molecule has 0 aliphatic carbocycles. The van der Waals surface area contributed by atoms with E-state index in [-0.39, 0.29) is 5.91 Å². The van der Waals surface area contributed by atoms with Crippen molar-refractivity contribution < 1.29 is 14.3 Å². The van der Waals surface area contributed by atoms with Crippen LogP contribution >= 0.6 is 27.3 Å². The standard InChI is InChI=1S/C14H13BrN2O3S/c1-3-20-14(19)10-6-8(2)21-13(10)17-12(18)9-4-5-16-11(15)7-9/h4-7H,3H2,1-2H3,(H,17,18). The summed E-state index contributed by atoms with van der Waals surface area (Å²) in [5, 5.41) is 3.23.